The summed E-state index contributed by atoms with van der Waals surface area (Å²) in [5.74, 6) is 1.13. The Hall–Kier alpha value is -1.11. The number of nitrogens with one attached hydrogen (secondary N) is 1. The van der Waals surface area contributed by atoms with Gasteiger partial charge in [0, 0.05) is 37.8 Å². The maximum Gasteiger partial charge on any atom is 0.195 e. The summed E-state index contributed by atoms with van der Waals surface area (Å²) in [6.07, 6.45) is 4.35. The Morgan fingerprint density at radius 3 is 3.25 bits per heavy atom. The zero-order chi connectivity index (χ0) is 13.8. The van der Waals surface area contributed by atoms with Crippen LogP contribution in [0.3, 0.4) is 0 Å². The number of aromatic nitrogens is 2. The fraction of sp³-hybridized carbons (Fsp3) is 0.643. The van der Waals surface area contributed by atoms with Crippen LogP contribution in [0.25, 0.3) is 4.96 Å². The molecule has 1 aliphatic rings. The van der Waals surface area contributed by atoms with Crippen LogP contribution in [-0.4, -0.2) is 42.2 Å². The molecule has 0 aromatic carbocycles. The first kappa shape index (κ1) is 13.9. The molecule has 1 N–H and O–H groups in total. The van der Waals surface area contributed by atoms with Gasteiger partial charge in [-0.3, -0.25) is 4.40 Å². The average Bonchev–Trinajstić information content (AvgIpc) is 2.92. The van der Waals surface area contributed by atoms with Gasteiger partial charge in [-0.15, -0.1) is 11.3 Å². The Morgan fingerprint density at radius 1 is 1.40 bits per heavy atom. The summed E-state index contributed by atoms with van der Waals surface area (Å²) in [7, 11) is 0. The molecule has 1 fully saturated rings. The molecule has 110 valence electrons. The summed E-state index contributed by atoms with van der Waals surface area (Å²) in [5, 5.41) is 5.60. The molecule has 3 heterocycles. The van der Waals surface area contributed by atoms with Crippen LogP contribution in [-0.2, 0) is 11.3 Å². The highest BCUT2D eigenvalue weighted by atomic mass is 32.1. The molecule has 0 aliphatic carbocycles. The number of ether oxygens (including phenoxy) is 1. The van der Waals surface area contributed by atoms with E-state index >= 15 is 0 Å². The lowest BCUT2D eigenvalue weighted by Gasteiger charge is -2.21. The predicted octanol–water partition coefficient (Wildman–Crippen LogP) is 2.12. The summed E-state index contributed by atoms with van der Waals surface area (Å²) in [5.41, 5.74) is 1.27. The monoisotopic (exact) mass is 294 g/mol. The molecule has 20 heavy (non-hydrogen) atoms. The van der Waals surface area contributed by atoms with Crippen molar-refractivity contribution in [3.8, 4) is 0 Å². The molecule has 1 saturated heterocycles. The normalized spacial score (nSPS) is 16.8. The van der Waals surface area contributed by atoms with Crippen molar-refractivity contribution < 1.29 is 4.74 Å². The van der Waals surface area contributed by atoms with E-state index in [-0.39, 0.29) is 0 Å². The smallest absolute Gasteiger partial charge is 0.195 e. The van der Waals surface area contributed by atoms with Crippen LogP contribution in [0.2, 0.25) is 0 Å². The van der Waals surface area contributed by atoms with Crippen molar-refractivity contribution in [3.63, 3.8) is 0 Å². The highest BCUT2D eigenvalue weighted by Gasteiger charge is 2.19. The van der Waals surface area contributed by atoms with Crippen LogP contribution in [0.4, 0.5) is 5.82 Å². The van der Waals surface area contributed by atoms with Crippen LogP contribution in [0.15, 0.2) is 11.6 Å². The third-order valence-corrected chi connectivity index (χ3v) is 4.34. The third kappa shape index (κ3) is 2.82. The number of imidazole rings is 1. The Labute approximate surface area is 123 Å². The highest BCUT2D eigenvalue weighted by Crippen LogP contribution is 2.25. The molecular formula is C14H22N4OS. The molecule has 5 nitrogen and oxygen atoms in total. The van der Waals surface area contributed by atoms with Crippen molar-refractivity contribution >= 4 is 22.1 Å². The van der Waals surface area contributed by atoms with Gasteiger partial charge in [0.1, 0.15) is 0 Å². The molecular weight excluding hydrogens is 272 g/mol. The second-order valence-corrected chi connectivity index (χ2v) is 5.94. The first-order valence-corrected chi connectivity index (χ1v) is 8.26. The Bertz CT molecular complexity index is 542. The first-order chi connectivity index (χ1) is 9.90. The molecule has 0 atom stereocenters. The van der Waals surface area contributed by atoms with Crippen LogP contribution < -0.4 is 10.2 Å². The first-order valence-electron chi connectivity index (χ1n) is 7.38. The number of fused-ring (bicyclic) bond motifs is 1. The van der Waals surface area contributed by atoms with Crippen molar-refractivity contribution in [2.24, 2.45) is 0 Å². The average molecular weight is 294 g/mol. The van der Waals surface area contributed by atoms with Crippen LogP contribution in [0.5, 0.6) is 0 Å². The molecule has 0 bridgehead atoms. The maximum atomic E-state index is 5.55. The number of hydrogen-bond donors (Lipinski definition) is 1. The van der Waals surface area contributed by atoms with Gasteiger partial charge in [0.15, 0.2) is 10.8 Å². The van der Waals surface area contributed by atoms with Crippen molar-refractivity contribution in [1.82, 2.24) is 14.7 Å². The van der Waals surface area contributed by atoms with E-state index in [1.807, 2.05) is 0 Å². The minimum Gasteiger partial charge on any atom is -0.380 e. The van der Waals surface area contributed by atoms with Crippen molar-refractivity contribution in [3.05, 3.63) is 17.3 Å². The van der Waals surface area contributed by atoms with Gasteiger partial charge in [0.2, 0.25) is 0 Å². The van der Waals surface area contributed by atoms with Crippen molar-refractivity contribution in [2.75, 3.05) is 37.7 Å². The standard InChI is InChI=1S/C14H22N4OS/c1-2-4-15-11-12-13(16-14-18(12)7-10-20-14)17-5-3-8-19-9-6-17/h7,10,15H,2-6,8-9,11H2,1H3. The van der Waals surface area contributed by atoms with E-state index in [0.717, 1.165) is 63.0 Å². The van der Waals surface area contributed by atoms with E-state index in [1.165, 1.54) is 5.69 Å². The fourth-order valence-electron chi connectivity index (χ4n) is 2.58. The summed E-state index contributed by atoms with van der Waals surface area (Å²) in [4.78, 5) is 8.28. The molecule has 0 spiro atoms. The molecule has 3 rings (SSSR count). The van der Waals surface area contributed by atoms with Gasteiger partial charge in [-0.05, 0) is 19.4 Å². The van der Waals surface area contributed by atoms with Crippen molar-refractivity contribution in [1.29, 1.82) is 0 Å². The van der Waals surface area contributed by atoms with Gasteiger partial charge < -0.3 is 15.0 Å². The SMILES string of the molecule is CCCNCc1c(N2CCCOCC2)nc2sccn12. The Kier molecular flexibility index (Phi) is 4.54. The maximum absolute atomic E-state index is 5.55. The number of thiazole rings is 1. The zero-order valence-corrected chi connectivity index (χ0v) is 12.8. The molecule has 2 aromatic rings. The van der Waals surface area contributed by atoms with E-state index in [0.29, 0.717) is 0 Å². The molecule has 1 aliphatic heterocycles. The second-order valence-electron chi connectivity index (χ2n) is 5.07. The molecule has 0 saturated carbocycles. The van der Waals surface area contributed by atoms with E-state index in [4.69, 9.17) is 9.72 Å². The summed E-state index contributed by atoms with van der Waals surface area (Å²) < 4.78 is 7.77. The lowest BCUT2D eigenvalue weighted by atomic mass is 10.3. The quantitative estimate of drug-likeness (QED) is 0.858. The minimum atomic E-state index is 0.799. The lowest BCUT2D eigenvalue weighted by molar-refractivity contribution is 0.152. The third-order valence-electron chi connectivity index (χ3n) is 3.58. The summed E-state index contributed by atoms with van der Waals surface area (Å²) in [6, 6.07) is 0. The number of nitrogens with zero attached hydrogens (tertiary/aromatic N) is 3. The Morgan fingerprint density at radius 2 is 2.35 bits per heavy atom. The largest absolute Gasteiger partial charge is 0.380 e. The second kappa shape index (κ2) is 6.56. The van der Waals surface area contributed by atoms with Gasteiger partial charge in [0.25, 0.3) is 0 Å². The fourth-order valence-corrected chi connectivity index (χ4v) is 3.31. The van der Waals surface area contributed by atoms with E-state index in [9.17, 15) is 0 Å². The zero-order valence-electron chi connectivity index (χ0n) is 12.0. The van der Waals surface area contributed by atoms with E-state index in [1.54, 1.807) is 11.3 Å². The van der Waals surface area contributed by atoms with Crippen molar-refractivity contribution in [2.45, 2.75) is 26.3 Å². The topological polar surface area (TPSA) is 41.8 Å². The van der Waals surface area contributed by atoms with Gasteiger partial charge in [0.05, 0.1) is 12.3 Å². The highest BCUT2D eigenvalue weighted by molar-refractivity contribution is 7.15. The van der Waals surface area contributed by atoms with E-state index < -0.39 is 0 Å². The number of anilines is 1. The van der Waals surface area contributed by atoms with Gasteiger partial charge in [-0.2, -0.15) is 0 Å². The minimum absolute atomic E-state index is 0.799. The van der Waals surface area contributed by atoms with Crippen LogP contribution in [0, 0.1) is 0 Å². The number of hydrogen-bond acceptors (Lipinski definition) is 5. The van der Waals surface area contributed by atoms with Crippen LogP contribution in [0.1, 0.15) is 25.5 Å². The Balaban J connectivity index is 1.87. The van der Waals surface area contributed by atoms with Gasteiger partial charge in [-0.1, -0.05) is 6.92 Å². The van der Waals surface area contributed by atoms with E-state index in [2.05, 4.69) is 33.1 Å². The number of rotatable bonds is 5. The van der Waals surface area contributed by atoms with Crippen LogP contribution >= 0.6 is 11.3 Å². The van der Waals surface area contributed by atoms with Gasteiger partial charge >= 0.3 is 0 Å². The lowest BCUT2D eigenvalue weighted by Crippen LogP contribution is -2.28. The van der Waals surface area contributed by atoms with Gasteiger partial charge in [-0.25, -0.2) is 4.98 Å². The molecule has 6 heteroatoms. The molecule has 0 amide bonds. The predicted molar refractivity (Wildman–Crippen MR) is 82.7 cm³/mol. The summed E-state index contributed by atoms with van der Waals surface area (Å²) in [6.45, 7) is 7.74. The molecule has 0 radical (unpaired) electrons. The summed E-state index contributed by atoms with van der Waals surface area (Å²) >= 11 is 1.70. The molecule has 2 aromatic heterocycles. The molecule has 0 unspecified atom stereocenters.